The predicted octanol–water partition coefficient (Wildman–Crippen LogP) is 2.71. The second kappa shape index (κ2) is 8.61. The first-order valence-corrected chi connectivity index (χ1v) is 9.00. The van der Waals surface area contributed by atoms with E-state index in [1.807, 2.05) is 0 Å². The minimum atomic E-state index is -1.23. The van der Waals surface area contributed by atoms with Crippen LogP contribution in [0.25, 0.3) is 5.69 Å². The molecule has 0 aliphatic rings. The van der Waals surface area contributed by atoms with Gasteiger partial charge in [-0.05, 0) is 50.2 Å². The van der Waals surface area contributed by atoms with Crippen LogP contribution in [-0.2, 0) is 9.53 Å². The van der Waals surface area contributed by atoms with Gasteiger partial charge in [0.25, 0.3) is 5.91 Å². The van der Waals surface area contributed by atoms with Crippen LogP contribution in [0.2, 0.25) is 0 Å². The lowest BCUT2D eigenvalue weighted by Gasteiger charge is -2.14. The Kier molecular flexibility index (Phi) is 5.95. The quantitative estimate of drug-likeness (QED) is 0.352. The molecule has 0 fully saturated rings. The molecule has 10 nitrogen and oxygen atoms in total. The normalized spacial score (nSPS) is 11.6. The second-order valence-electron chi connectivity index (χ2n) is 6.58. The summed E-state index contributed by atoms with van der Waals surface area (Å²) < 4.78 is 19.9. The predicted molar refractivity (Wildman–Crippen MR) is 108 cm³/mol. The highest BCUT2D eigenvalue weighted by Gasteiger charge is 2.21. The number of imidazole rings is 1. The molecule has 1 heterocycles. The number of ether oxygens (including phenoxy) is 1. The number of esters is 1. The number of halogens is 1. The maximum Gasteiger partial charge on any atom is 0.338 e. The molecule has 1 aromatic heterocycles. The highest BCUT2D eigenvalue weighted by molar-refractivity contribution is 5.97. The summed E-state index contributed by atoms with van der Waals surface area (Å²) in [7, 11) is 0. The Balaban J connectivity index is 1.66. The van der Waals surface area contributed by atoms with Gasteiger partial charge in [-0.25, -0.2) is 9.59 Å². The van der Waals surface area contributed by atoms with Gasteiger partial charge in [-0.15, -0.1) is 0 Å². The van der Waals surface area contributed by atoms with E-state index in [4.69, 9.17) is 4.74 Å². The van der Waals surface area contributed by atoms with E-state index in [-0.39, 0.29) is 16.9 Å². The number of aromatic nitrogens is 2. The van der Waals surface area contributed by atoms with Gasteiger partial charge in [-0.1, -0.05) is 0 Å². The third-order valence-electron chi connectivity index (χ3n) is 4.38. The van der Waals surface area contributed by atoms with Crippen LogP contribution in [-0.4, -0.2) is 32.5 Å². The number of anilines is 1. The van der Waals surface area contributed by atoms with Crippen molar-refractivity contribution < 1.29 is 23.6 Å². The monoisotopic (exact) mass is 428 g/mol. The summed E-state index contributed by atoms with van der Waals surface area (Å²) in [5.41, 5.74) is 0.258. The molecule has 0 aliphatic carbocycles. The molecule has 1 unspecified atom stereocenters. The number of H-pyrrole nitrogens is 1. The third kappa shape index (κ3) is 4.66. The average molecular weight is 428 g/mol. The van der Waals surface area contributed by atoms with Crippen LogP contribution >= 0.6 is 0 Å². The first-order chi connectivity index (χ1) is 14.7. The Bertz CT molecular complexity index is 1220. The Labute approximate surface area is 174 Å². The highest BCUT2D eigenvalue weighted by atomic mass is 19.1. The smallest absolute Gasteiger partial charge is 0.338 e. The van der Waals surface area contributed by atoms with E-state index < -0.39 is 34.4 Å². The molecular weight excluding hydrogens is 411 g/mol. The van der Waals surface area contributed by atoms with Gasteiger partial charge in [-0.2, -0.15) is 4.39 Å². The zero-order valence-electron chi connectivity index (χ0n) is 16.4. The molecule has 2 aromatic carbocycles. The Morgan fingerprint density at radius 2 is 1.90 bits per heavy atom. The number of nitrogens with zero attached hydrogens (tertiary/aromatic N) is 2. The number of aromatic amines is 1. The van der Waals surface area contributed by atoms with Gasteiger partial charge in [0.2, 0.25) is 5.82 Å². The zero-order valence-corrected chi connectivity index (χ0v) is 16.4. The Morgan fingerprint density at radius 1 is 1.23 bits per heavy atom. The number of carbonyl (C=O) groups is 2. The summed E-state index contributed by atoms with van der Waals surface area (Å²) in [6, 6.07) is 8.88. The molecule has 1 amide bonds. The number of benzene rings is 2. The van der Waals surface area contributed by atoms with Crippen LogP contribution in [0.4, 0.5) is 15.8 Å². The SMILES string of the molecule is Cc1c[nH]c(=O)n1-c1ccc(C(=O)OC(C)C(=O)Nc2ccc(F)c([N+](=O)[O-])c2)cc1. The van der Waals surface area contributed by atoms with Crippen LogP contribution in [0, 0.1) is 22.9 Å². The summed E-state index contributed by atoms with van der Waals surface area (Å²) >= 11 is 0. The van der Waals surface area contributed by atoms with Crippen LogP contribution in [0.15, 0.2) is 53.5 Å². The molecule has 160 valence electrons. The van der Waals surface area contributed by atoms with Crippen LogP contribution in [0.5, 0.6) is 0 Å². The molecule has 2 N–H and O–H groups in total. The summed E-state index contributed by atoms with van der Waals surface area (Å²) in [6.45, 7) is 3.07. The van der Waals surface area contributed by atoms with Gasteiger partial charge in [0, 0.05) is 23.6 Å². The van der Waals surface area contributed by atoms with Crippen LogP contribution in [0.3, 0.4) is 0 Å². The molecular formula is C20H17FN4O6. The largest absolute Gasteiger partial charge is 0.449 e. The Hall–Kier alpha value is -4.28. The van der Waals surface area contributed by atoms with Crippen molar-refractivity contribution >= 4 is 23.3 Å². The summed E-state index contributed by atoms with van der Waals surface area (Å²) in [6.07, 6.45) is 0.325. The van der Waals surface area contributed by atoms with E-state index in [1.54, 1.807) is 25.3 Å². The lowest BCUT2D eigenvalue weighted by Crippen LogP contribution is -2.30. The van der Waals surface area contributed by atoms with E-state index in [9.17, 15) is 28.9 Å². The molecule has 0 saturated heterocycles. The second-order valence-corrected chi connectivity index (χ2v) is 6.58. The van der Waals surface area contributed by atoms with Gasteiger partial charge >= 0.3 is 17.3 Å². The fourth-order valence-corrected chi connectivity index (χ4v) is 2.78. The van der Waals surface area contributed by atoms with Crippen molar-refractivity contribution in [2.45, 2.75) is 20.0 Å². The number of aryl methyl sites for hydroxylation is 1. The van der Waals surface area contributed by atoms with Gasteiger partial charge in [0.1, 0.15) is 0 Å². The first-order valence-electron chi connectivity index (χ1n) is 9.00. The highest BCUT2D eigenvalue weighted by Crippen LogP contribution is 2.22. The third-order valence-corrected chi connectivity index (χ3v) is 4.38. The summed E-state index contributed by atoms with van der Waals surface area (Å²) in [4.78, 5) is 48.8. The van der Waals surface area contributed by atoms with Crippen molar-refractivity contribution in [2.75, 3.05) is 5.32 Å². The minimum absolute atomic E-state index is 0.0160. The summed E-state index contributed by atoms with van der Waals surface area (Å²) in [5, 5.41) is 13.1. The van der Waals surface area contributed by atoms with E-state index in [1.165, 1.54) is 23.6 Å². The van der Waals surface area contributed by atoms with Gasteiger partial charge < -0.3 is 15.0 Å². The fraction of sp³-hybridized carbons (Fsp3) is 0.150. The molecule has 1 atom stereocenters. The maximum absolute atomic E-state index is 13.4. The molecule has 0 bridgehead atoms. The number of amides is 1. The Morgan fingerprint density at radius 3 is 2.48 bits per heavy atom. The van der Waals surface area contributed by atoms with Crippen LogP contribution < -0.4 is 11.0 Å². The first kappa shape index (κ1) is 21.4. The van der Waals surface area contributed by atoms with Crippen molar-refractivity contribution in [3.8, 4) is 5.69 Å². The van der Waals surface area contributed by atoms with E-state index in [0.29, 0.717) is 11.4 Å². The molecule has 31 heavy (non-hydrogen) atoms. The number of nitro groups is 1. The van der Waals surface area contributed by atoms with E-state index in [2.05, 4.69) is 10.3 Å². The van der Waals surface area contributed by atoms with E-state index >= 15 is 0 Å². The molecule has 0 saturated carbocycles. The molecule has 11 heteroatoms. The summed E-state index contributed by atoms with van der Waals surface area (Å²) in [5.74, 6) is -2.57. The zero-order chi connectivity index (χ0) is 22.7. The molecule has 0 spiro atoms. The topological polar surface area (TPSA) is 136 Å². The average Bonchev–Trinajstić information content (AvgIpc) is 3.07. The van der Waals surface area contributed by atoms with Crippen molar-refractivity contribution in [2.24, 2.45) is 0 Å². The number of hydrogen-bond donors (Lipinski definition) is 2. The lowest BCUT2D eigenvalue weighted by atomic mass is 10.2. The van der Waals surface area contributed by atoms with Crippen LogP contribution in [0.1, 0.15) is 23.0 Å². The van der Waals surface area contributed by atoms with Crippen molar-refractivity contribution in [1.29, 1.82) is 0 Å². The van der Waals surface area contributed by atoms with Gasteiger partial charge in [0.15, 0.2) is 6.10 Å². The number of carbonyl (C=O) groups excluding carboxylic acids is 2. The van der Waals surface area contributed by atoms with Gasteiger partial charge in [-0.3, -0.25) is 19.5 Å². The number of rotatable bonds is 6. The van der Waals surface area contributed by atoms with Gasteiger partial charge in [0.05, 0.1) is 16.2 Å². The maximum atomic E-state index is 13.4. The van der Waals surface area contributed by atoms with Crippen molar-refractivity contribution in [1.82, 2.24) is 9.55 Å². The van der Waals surface area contributed by atoms with Crippen molar-refractivity contribution in [3.63, 3.8) is 0 Å². The molecule has 0 radical (unpaired) electrons. The van der Waals surface area contributed by atoms with E-state index in [0.717, 1.165) is 18.2 Å². The lowest BCUT2D eigenvalue weighted by molar-refractivity contribution is -0.387. The fourth-order valence-electron chi connectivity index (χ4n) is 2.78. The number of hydrogen-bond acceptors (Lipinski definition) is 6. The minimum Gasteiger partial charge on any atom is -0.449 e. The molecule has 3 rings (SSSR count). The molecule has 3 aromatic rings. The number of nitrogens with one attached hydrogen (secondary N) is 2. The standard InChI is InChI=1S/C20H17FN4O6/c1-11-10-22-20(28)24(11)15-6-3-13(4-7-15)19(27)31-12(2)18(26)23-14-5-8-16(21)17(9-14)25(29)30/h3-10,12H,1-2H3,(H,22,28)(H,23,26). The van der Waals surface area contributed by atoms with Crippen molar-refractivity contribution in [3.05, 3.63) is 86.3 Å². The molecule has 0 aliphatic heterocycles. The number of nitro benzene ring substituents is 1.